The topological polar surface area (TPSA) is 73.6 Å². The Kier molecular flexibility index (Phi) is 6.44. The van der Waals surface area contributed by atoms with Gasteiger partial charge < -0.3 is 20.5 Å². The molecule has 0 unspecified atom stereocenters. The number of nitrogens with two attached hydrogens (primary N) is 1. The molecule has 0 aliphatic carbocycles. The maximum Gasteiger partial charge on any atom is 0.293 e. The number of nitrogen functional groups attached to an aromatic ring is 1. The molecule has 1 saturated heterocycles. The molecule has 0 atom stereocenters. The predicted molar refractivity (Wildman–Crippen MR) is 90.2 cm³/mol. The number of nitrogens with one attached hydrogen (secondary N) is 1. The highest BCUT2D eigenvalue weighted by Gasteiger charge is 2.18. The van der Waals surface area contributed by atoms with Crippen molar-refractivity contribution in [2.24, 2.45) is 0 Å². The van der Waals surface area contributed by atoms with Gasteiger partial charge in [-0.3, -0.25) is 4.79 Å². The van der Waals surface area contributed by atoms with Gasteiger partial charge in [-0.05, 0) is 36.2 Å². The standard InChI is InChI=1S/C10H14N2O.C8H8O2/c1-7-4-8(2-3-10(7)11)13-9-5-12-6-9;9-7-10-6-8-4-2-1-3-5-8/h2-4,9,12H,5-6,11H2,1H3;1-5,7H,6H2. The first-order chi connectivity index (χ1) is 11.2. The maximum atomic E-state index is 9.76. The van der Waals surface area contributed by atoms with Crippen LogP contribution in [0.1, 0.15) is 11.1 Å². The van der Waals surface area contributed by atoms with Crippen LogP contribution in [0.15, 0.2) is 48.5 Å². The molecule has 23 heavy (non-hydrogen) atoms. The van der Waals surface area contributed by atoms with E-state index in [0.29, 0.717) is 19.2 Å². The van der Waals surface area contributed by atoms with E-state index in [1.165, 1.54) is 0 Å². The molecule has 1 fully saturated rings. The van der Waals surface area contributed by atoms with Crippen LogP contribution in [0.5, 0.6) is 5.75 Å². The molecular weight excluding hydrogens is 292 g/mol. The molecule has 0 saturated carbocycles. The molecular formula is C18H22N2O3. The van der Waals surface area contributed by atoms with E-state index in [1.807, 2.05) is 55.5 Å². The Morgan fingerprint density at radius 1 is 1.22 bits per heavy atom. The first-order valence-electron chi connectivity index (χ1n) is 7.51. The molecule has 1 heterocycles. The van der Waals surface area contributed by atoms with Crippen molar-refractivity contribution in [3.8, 4) is 5.75 Å². The number of carbonyl (C=O) groups excluding carboxylic acids is 1. The van der Waals surface area contributed by atoms with Crippen LogP contribution in [0.4, 0.5) is 5.69 Å². The van der Waals surface area contributed by atoms with Crippen LogP contribution in [-0.4, -0.2) is 25.7 Å². The molecule has 1 aliphatic heterocycles. The largest absolute Gasteiger partial charge is 0.488 e. The van der Waals surface area contributed by atoms with Crippen LogP contribution >= 0.6 is 0 Å². The lowest BCUT2D eigenvalue weighted by atomic mass is 10.2. The predicted octanol–water partition coefficient (Wildman–Crippen LogP) is 2.29. The first-order valence-corrected chi connectivity index (χ1v) is 7.51. The van der Waals surface area contributed by atoms with Crippen molar-refractivity contribution in [1.82, 2.24) is 5.32 Å². The van der Waals surface area contributed by atoms with Crippen molar-refractivity contribution < 1.29 is 14.3 Å². The minimum Gasteiger partial charge on any atom is -0.488 e. The zero-order valence-corrected chi connectivity index (χ0v) is 13.2. The lowest BCUT2D eigenvalue weighted by molar-refractivity contribution is -0.129. The van der Waals surface area contributed by atoms with E-state index in [1.54, 1.807) is 0 Å². The Morgan fingerprint density at radius 3 is 2.52 bits per heavy atom. The number of hydrogen-bond acceptors (Lipinski definition) is 5. The first kappa shape index (κ1) is 16.8. The highest BCUT2D eigenvalue weighted by Crippen LogP contribution is 2.20. The highest BCUT2D eigenvalue weighted by molar-refractivity contribution is 5.49. The number of anilines is 1. The Hall–Kier alpha value is -2.53. The van der Waals surface area contributed by atoms with Gasteiger partial charge in [0.2, 0.25) is 0 Å². The van der Waals surface area contributed by atoms with Gasteiger partial charge in [0.1, 0.15) is 18.5 Å². The summed E-state index contributed by atoms with van der Waals surface area (Å²) < 4.78 is 10.2. The van der Waals surface area contributed by atoms with Gasteiger partial charge in [0.25, 0.3) is 6.47 Å². The number of carbonyl (C=O) groups is 1. The van der Waals surface area contributed by atoms with E-state index < -0.39 is 0 Å². The van der Waals surface area contributed by atoms with Crippen LogP contribution in [0, 0.1) is 6.92 Å². The van der Waals surface area contributed by atoms with Crippen molar-refractivity contribution in [3.05, 3.63) is 59.7 Å². The highest BCUT2D eigenvalue weighted by atomic mass is 16.5. The maximum absolute atomic E-state index is 9.76. The average molecular weight is 314 g/mol. The molecule has 2 aromatic rings. The number of rotatable bonds is 5. The van der Waals surface area contributed by atoms with E-state index in [0.717, 1.165) is 35.7 Å². The van der Waals surface area contributed by atoms with Crippen LogP contribution in [0.3, 0.4) is 0 Å². The van der Waals surface area contributed by atoms with Gasteiger partial charge in [-0.2, -0.15) is 0 Å². The van der Waals surface area contributed by atoms with Crippen molar-refractivity contribution in [2.45, 2.75) is 19.6 Å². The van der Waals surface area contributed by atoms with Gasteiger partial charge in [-0.15, -0.1) is 0 Å². The molecule has 0 radical (unpaired) electrons. The third kappa shape index (κ3) is 5.64. The normalized spacial score (nSPS) is 13.3. The second-order valence-corrected chi connectivity index (χ2v) is 5.31. The van der Waals surface area contributed by atoms with Crippen LogP contribution in [0.25, 0.3) is 0 Å². The van der Waals surface area contributed by atoms with Crippen molar-refractivity contribution in [2.75, 3.05) is 18.8 Å². The summed E-state index contributed by atoms with van der Waals surface area (Å²) in [4.78, 5) is 9.76. The molecule has 3 N–H and O–H groups in total. The number of benzene rings is 2. The molecule has 0 aromatic heterocycles. The molecule has 0 bridgehead atoms. The fourth-order valence-electron chi connectivity index (χ4n) is 1.96. The molecule has 3 rings (SSSR count). The molecule has 5 nitrogen and oxygen atoms in total. The van der Waals surface area contributed by atoms with Gasteiger partial charge in [0.15, 0.2) is 0 Å². The SMILES string of the molecule is Cc1cc(OC2CNC2)ccc1N.O=COCc1ccccc1. The third-order valence-electron chi connectivity index (χ3n) is 3.45. The van der Waals surface area contributed by atoms with E-state index in [-0.39, 0.29) is 0 Å². The molecule has 1 aliphatic rings. The molecule has 122 valence electrons. The minimum absolute atomic E-state index is 0.336. The lowest BCUT2D eigenvalue weighted by Crippen LogP contribution is -2.50. The van der Waals surface area contributed by atoms with Gasteiger partial charge in [0, 0.05) is 18.8 Å². The Labute approximate surface area is 136 Å². The Morgan fingerprint density at radius 2 is 1.96 bits per heavy atom. The number of ether oxygens (including phenoxy) is 2. The summed E-state index contributed by atoms with van der Waals surface area (Å²) >= 11 is 0. The Bertz CT molecular complexity index is 613. The zero-order valence-electron chi connectivity index (χ0n) is 13.2. The summed E-state index contributed by atoms with van der Waals surface area (Å²) in [5.74, 6) is 0.915. The fraction of sp³-hybridized carbons (Fsp3) is 0.278. The zero-order chi connectivity index (χ0) is 16.5. The van der Waals surface area contributed by atoms with Gasteiger partial charge in [0.05, 0.1) is 0 Å². The second-order valence-electron chi connectivity index (χ2n) is 5.31. The molecule has 5 heteroatoms. The van der Waals surface area contributed by atoms with Crippen molar-refractivity contribution >= 4 is 12.2 Å². The minimum atomic E-state index is 0.336. The summed E-state index contributed by atoms with van der Waals surface area (Å²) in [6.07, 6.45) is 0.336. The van der Waals surface area contributed by atoms with Crippen LogP contribution in [0.2, 0.25) is 0 Å². The van der Waals surface area contributed by atoms with Crippen LogP contribution in [-0.2, 0) is 16.1 Å². The smallest absolute Gasteiger partial charge is 0.293 e. The number of aryl methyl sites for hydroxylation is 1. The van der Waals surface area contributed by atoms with Gasteiger partial charge >= 0.3 is 0 Å². The van der Waals surface area contributed by atoms with Crippen molar-refractivity contribution in [1.29, 1.82) is 0 Å². The monoisotopic (exact) mass is 314 g/mol. The summed E-state index contributed by atoms with van der Waals surface area (Å²) in [5, 5.41) is 3.16. The van der Waals surface area contributed by atoms with Gasteiger partial charge in [-0.25, -0.2) is 0 Å². The second kappa shape index (κ2) is 8.80. The number of hydrogen-bond donors (Lipinski definition) is 2. The third-order valence-corrected chi connectivity index (χ3v) is 3.45. The van der Waals surface area contributed by atoms with E-state index in [9.17, 15) is 4.79 Å². The molecule has 0 amide bonds. The van der Waals surface area contributed by atoms with E-state index in [2.05, 4.69) is 10.1 Å². The van der Waals surface area contributed by atoms with Crippen LogP contribution < -0.4 is 15.8 Å². The summed E-state index contributed by atoms with van der Waals surface area (Å²) in [5.41, 5.74) is 8.60. The summed E-state index contributed by atoms with van der Waals surface area (Å²) in [7, 11) is 0. The van der Waals surface area contributed by atoms with Gasteiger partial charge in [-0.1, -0.05) is 30.3 Å². The van der Waals surface area contributed by atoms with E-state index >= 15 is 0 Å². The molecule has 2 aromatic carbocycles. The summed E-state index contributed by atoms with van der Waals surface area (Å²) in [6, 6.07) is 15.3. The molecule has 0 spiro atoms. The lowest BCUT2D eigenvalue weighted by Gasteiger charge is -2.27. The van der Waals surface area contributed by atoms with Crippen molar-refractivity contribution in [3.63, 3.8) is 0 Å². The quantitative estimate of drug-likeness (QED) is 0.654. The Balaban J connectivity index is 0.000000174. The van der Waals surface area contributed by atoms with E-state index in [4.69, 9.17) is 10.5 Å². The fourth-order valence-corrected chi connectivity index (χ4v) is 1.96. The summed E-state index contributed by atoms with van der Waals surface area (Å²) in [6.45, 7) is 4.70. The average Bonchev–Trinajstić information content (AvgIpc) is 2.54.